The van der Waals surface area contributed by atoms with Crippen LogP contribution in [0.15, 0.2) is 41.6 Å². The number of nitrogens with zero attached hydrogens (tertiary/aromatic N) is 2. The van der Waals surface area contributed by atoms with Crippen LogP contribution in [-0.4, -0.2) is 19.2 Å². The van der Waals surface area contributed by atoms with Gasteiger partial charge in [0.1, 0.15) is 6.07 Å². The topological polar surface area (TPSA) is 70.8 Å². The van der Waals surface area contributed by atoms with Gasteiger partial charge < -0.3 is 0 Å². The molecule has 0 bridgehead atoms. The van der Waals surface area contributed by atoms with Gasteiger partial charge in [-0.15, -0.1) is 0 Å². The summed E-state index contributed by atoms with van der Waals surface area (Å²) in [5, 5.41) is 9.23. The zero-order valence-corrected chi connectivity index (χ0v) is 13.4. The zero-order valence-electron chi connectivity index (χ0n) is 11.8. The molecule has 0 fully saturated rings. The predicted octanol–water partition coefficient (Wildman–Crippen LogP) is 3.57. The van der Waals surface area contributed by atoms with Crippen LogP contribution in [0.2, 0.25) is 5.02 Å². The van der Waals surface area contributed by atoms with Gasteiger partial charge in [0.2, 0.25) is 0 Å². The lowest BCUT2D eigenvalue weighted by molar-refractivity contribution is 0.597. The fourth-order valence-electron chi connectivity index (χ4n) is 1.95. The monoisotopic (exact) mass is 332 g/mol. The molecule has 112 valence electrons. The van der Waals surface area contributed by atoms with Crippen LogP contribution in [-0.2, 0) is 9.84 Å². The summed E-state index contributed by atoms with van der Waals surface area (Å²) < 4.78 is 24.4. The molecule has 1 aromatic carbocycles. The zero-order chi connectivity index (χ0) is 16.2. The lowest BCUT2D eigenvalue weighted by atomic mass is 10.1. The van der Waals surface area contributed by atoms with E-state index >= 15 is 0 Å². The fourth-order valence-corrected chi connectivity index (χ4v) is 3.64. The summed E-state index contributed by atoms with van der Waals surface area (Å²) in [7, 11) is -3.44. The molecule has 0 saturated carbocycles. The Morgan fingerprint density at radius 1 is 1.27 bits per heavy atom. The molecule has 0 amide bonds. The predicted molar refractivity (Wildman–Crippen MR) is 87.1 cm³/mol. The first-order chi connectivity index (χ1) is 10.5. The van der Waals surface area contributed by atoms with Crippen LogP contribution in [0.3, 0.4) is 0 Å². The number of aromatic nitrogens is 1. The van der Waals surface area contributed by atoms with Gasteiger partial charge >= 0.3 is 0 Å². The van der Waals surface area contributed by atoms with Crippen molar-refractivity contribution >= 4 is 33.6 Å². The quantitative estimate of drug-likeness (QED) is 0.858. The van der Waals surface area contributed by atoms with Crippen molar-refractivity contribution in [1.29, 1.82) is 5.26 Å². The van der Waals surface area contributed by atoms with Gasteiger partial charge in [-0.25, -0.2) is 8.42 Å². The van der Waals surface area contributed by atoms with E-state index in [1.807, 2.05) is 6.07 Å². The maximum atomic E-state index is 12.2. The van der Waals surface area contributed by atoms with Crippen molar-refractivity contribution in [3.63, 3.8) is 0 Å². The Kier molecular flexibility index (Phi) is 4.96. The Bertz CT molecular complexity index is 868. The van der Waals surface area contributed by atoms with Crippen molar-refractivity contribution in [2.75, 3.05) is 5.75 Å². The third kappa shape index (κ3) is 3.35. The van der Waals surface area contributed by atoms with Crippen molar-refractivity contribution in [1.82, 2.24) is 4.98 Å². The number of rotatable bonds is 4. The van der Waals surface area contributed by atoms with Crippen LogP contribution in [0.25, 0.3) is 12.2 Å². The van der Waals surface area contributed by atoms with E-state index in [9.17, 15) is 8.42 Å². The van der Waals surface area contributed by atoms with Gasteiger partial charge in [-0.1, -0.05) is 42.8 Å². The highest BCUT2D eigenvalue weighted by Gasteiger charge is 2.18. The Hall–Kier alpha value is -2.16. The second kappa shape index (κ2) is 6.73. The molecule has 0 saturated heterocycles. The number of nitriles is 1. The molecule has 1 aromatic heterocycles. The molecule has 0 unspecified atom stereocenters. The van der Waals surface area contributed by atoms with E-state index in [0.717, 1.165) is 0 Å². The average molecular weight is 333 g/mol. The van der Waals surface area contributed by atoms with E-state index in [1.54, 1.807) is 49.5 Å². The standard InChI is InChI=1S/C16H13ClN2O2S/c1-2-22(20,21)16-13(4-3-5-15(16)17)7-6-12-8-9-19-11-14(12)10-18/h3-9,11H,2H2,1H3. The average Bonchev–Trinajstić information content (AvgIpc) is 2.52. The van der Waals surface area contributed by atoms with E-state index in [-0.39, 0.29) is 15.7 Å². The minimum Gasteiger partial charge on any atom is -0.263 e. The lowest BCUT2D eigenvalue weighted by Gasteiger charge is -2.08. The van der Waals surface area contributed by atoms with Crippen molar-refractivity contribution < 1.29 is 8.42 Å². The van der Waals surface area contributed by atoms with Crippen LogP contribution < -0.4 is 0 Å². The van der Waals surface area contributed by atoms with Crippen LogP contribution in [0.5, 0.6) is 0 Å². The highest BCUT2D eigenvalue weighted by atomic mass is 35.5. The first-order valence-corrected chi connectivity index (χ1v) is 8.56. The summed E-state index contributed by atoms with van der Waals surface area (Å²) >= 11 is 6.06. The highest BCUT2D eigenvalue weighted by Crippen LogP contribution is 2.28. The lowest BCUT2D eigenvalue weighted by Crippen LogP contribution is -2.06. The molecule has 0 aliphatic rings. The second-order valence-corrected chi connectivity index (χ2v) is 7.09. The molecule has 0 radical (unpaired) electrons. The molecule has 1 heterocycles. The third-order valence-corrected chi connectivity index (χ3v) is 5.37. The van der Waals surface area contributed by atoms with Crippen molar-refractivity contribution in [2.45, 2.75) is 11.8 Å². The molecule has 2 aromatic rings. The third-order valence-electron chi connectivity index (χ3n) is 3.11. The second-order valence-electron chi connectivity index (χ2n) is 4.47. The summed E-state index contributed by atoms with van der Waals surface area (Å²) in [4.78, 5) is 4.00. The number of hydrogen-bond acceptors (Lipinski definition) is 4. The molecule has 2 rings (SSSR count). The van der Waals surface area contributed by atoms with Crippen LogP contribution >= 0.6 is 11.6 Å². The largest absolute Gasteiger partial charge is 0.263 e. The minimum absolute atomic E-state index is 0.0315. The van der Waals surface area contributed by atoms with Crippen molar-refractivity contribution in [3.8, 4) is 6.07 Å². The van der Waals surface area contributed by atoms with Gasteiger partial charge in [-0.2, -0.15) is 5.26 Å². The first-order valence-electron chi connectivity index (χ1n) is 6.53. The molecule has 22 heavy (non-hydrogen) atoms. The summed E-state index contributed by atoms with van der Waals surface area (Å²) in [6, 6.07) is 8.65. The van der Waals surface area contributed by atoms with Gasteiger partial charge in [-0.3, -0.25) is 4.98 Å². The molecule has 0 aliphatic carbocycles. The van der Waals surface area contributed by atoms with E-state index in [4.69, 9.17) is 16.9 Å². The summed E-state index contributed by atoms with van der Waals surface area (Å²) in [6.45, 7) is 1.57. The summed E-state index contributed by atoms with van der Waals surface area (Å²) in [6.07, 6.45) is 6.36. The van der Waals surface area contributed by atoms with E-state index in [1.165, 1.54) is 6.20 Å². The maximum Gasteiger partial charge on any atom is 0.180 e. The molecule has 0 spiro atoms. The number of sulfone groups is 1. The molecule has 6 heteroatoms. The molecule has 0 aliphatic heterocycles. The Balaban J connectivity index is 2.54. The van der Waals surface area contributed by atoms with Crippen LogP contribution in [0.1, 0.15) is 23.6 Å². The Labute approximate surface area is 134 Å². The molecular formula is C16H13ClN2O2S. The van der Waals surface area contributed by atoms with Gasteiger partial charge in [0.25, 0.3) is 0 Å². The number of halogens is 1. The van der Waals surface area contributed by atoms with E-state index in [2.05, 4.69) is 4.98 Å². The summed E-state index contributed by atoms with van der Waals surface area (Å²) in [5.74, 6) is -0.0315. The Morgan fingerprint density at radius 3 is 2.68 bits per heavy atom. The molecule has 0 N–H and O–H groups in total. The van der Waals surface area contributed by atoms with Gasteiger partial charge in [-0.05, 0) is 23.3 Å². The molecule has 0 atom stereocenters. The van der Waals surface area contributed by atoms with Crippen molar-refractivity contribution in [3.05, 3.63) is 58.4 Å². The molecule has 4 nitrogen and oxygen atoms in total. The molecular weight excluding hydrogens is 320 g/mol. The number of benzene rings is 1. The highest BCUT2D eigenvalue weighted by molar-refractivity contribution is 7.91. The maximum absolute atomic E-state index is 12.2. The Morgan fingerprint density at radius 2 is 2.00 bits per heavy atom. The SMILES string of the molecule is CCS(=O)(=O)c1c(Cl)cccc1C=Cc1ccncc1C#N. The van der Waals surface area contributed by atoms with Crippen LogP contribution in [0.4, 0.5) is 0 Å². The smallest absolute Gasteiger partial charge is 0.180 e. The number of hydrogen-bond donors (Lipinski definition) is 0. The van der Waals surface area contributed by atoms with Gasteiger partial charge in [0.05, 0.1) is 21.2 Å². The normalized spacial score (nSPS) is 11.5. The van der Waals surface area contributed by atoms with Crippen molar-refractivity contribution in [2.24, 2.45) is 0 Å². The fraction of sp³-hybridized carbons (Fsp3) is 0.125. The summed E-state index contributed by atoms with van der Waals surface area (Å²) in [5.41, 5.74) is 1.58. The van der Waals surface area contributed by atoms with Gasteiger partial charge in [0.15, 0.2) is 9.84 Å². The van der Waals surface area contributed by atoms with E-state index < -0.39 is 9.84 Å². The number of pyridine rings is 1. The van der Waals surface area contributed by atoms with Crippen LogP contribution in [0, 0.1) is 11.3 Å². The van der Waals surface area contributed by atoms with E-state index in [0.29, 0.717) is 16.7 Å². The van der Waals surface area contributed by atoms with Gasteiger partial charge in [0, 0.05) is 12.4 Å². The minimum atomic E-state index is -3.44. The first kappa shape index (κ1) is 16.2.